The summed E-state index contributed by atoms with van der Waals surface area (Å²) in [5, 5.41) is 9.77. The molecule has 7 heteroatoms. The predicted molar refractivity (Wildman–Crippen MR) is 91.6 cm³/mol. The van der Waals surface area contributed by atoms with Gasteiger partial charge in [-0.15, -0.1) is 0 Å². The zero-order valence-electron chi connectivity index (χ0n) is 14.0. The van der Waals surface area contributed by atoms with Crippen molar-refractivity contribution in [2.75, 3.05) is 17.3 Å². The second kappa shape index (κ2) is 7.62. The Morgan fingerprint density at radius 3 is 2.78 bits per heavy atom. The Kier molecular flexibility index (Phi) is 5.56. The third-order valence-corrected chi connectivity index (χ3v) is 3.59. The highest BCUT2D eigenvalue weighted by Gasteiger charge is 2.10. The van der Waals surface area contributed by atoms with Crippen LogP contribution in [0.5, 0.6) is 0 Å². The van der Waals surface area contributed by atoms with Gasteiger partial charge in [0.2, 0.25) is 0 Å². The van der Waals surface area contributed by atoms with Crippen molar-refractivity contribution in [1.29, 1.82) is 0 Å². The molecule has 2 amide bonds. The van der Waals surface area contributed by atoms with E-state index in [0.29, 0.717) is 12.6 Å². The van der Waals surface area contributed by atoms with Gasteiger partial charge in [-0.3, -0.25) is 4.68 Å². The van der Waals surface area contributed by atoms with Gasteiger partial charge in [-0.1, -0.05) is 6.07 Å². The summed E-state index contributed by atoms with van der Waals surface area (Å²) in [6.07, 6.45) is 3.10. The Hall–Kier alpha value is -2.57. The van der Waals surface area contributed by atoms with E-state index in [1.807, 2.05) is 38.2 Å². The summed E-state index contributed by atoms with van der Waals surface area (Å²) < 4.78 is 1.68. The number of rotatable bonds is 6. The van der Waals surface area contributed by atoms with Crippen molar-refractivity contribution < 1.29 is 4.79 Å². The van der Waals surface area contributed by atoms with Crippen molar-refractivity contribution >= 4 is 17.4 Å². The molecule has 0 aliphatic carbocycles. The number of urea groups is 1. The van der Waals surface area contributed by atoms with E-state index in [9.17, 15) is 4.79 Å². The fourth-order valence-electron chi connectivity index (χ4n) is 2.15. The molecule has 1 heterocycles. The van der Waals surface area contributed by atoms with Gasteiger partial charge in [-0.25, -0.2) is 9.78 Å². The first kappa shape index (κ1) is 16.8. The highest BCUT2D eigenvalue weighted by molar-refractivity contribution is 5.90. The van der Waals surface area contributed by atoms with Crippen LogP contribution in [0.1, 0.15) is 20.8 Å². The maximum absolute atomic E-state index is 12.1. The maximum Gasteiger partial charge on any atom is 0.319 e. The van der Waals surface area contributed by atoms with Crippen LogP contribution < -0.4 is 15.5 Å². The van der Waals surface area contributed by atoms with Crippen LogP contribution in [0, 0.1) is 0 Å². The van der Waals surface area contributed by atoms with Crippen LogP contribution in [0.2, 0.25) is 0 Å². The molecule has 2 rings (SSSR count). The second-order valence-corrected chi connectivity index (χ2v) is 5.87. The van der Waals surface area contributed by atoms with Crippen LogP contribution in [0.15, 0.2) is 36.9 Å². The summed E-state index contributed by atoms with van der Waals surface area (Å²) in [5.74, 6) is 0. The van der Waals surface area contributed by atoms with Crippen LogP contribution in [-0.4, -0.2) is 39.9 Å². The quantitative estimate of drug-likeness (QED) is 0.858. The molecule has 124 valence electrons. The summed E-state index contributed by atoms with van der Waals surface area (Å²) in [5.41, 5.74) is 1.83. The molecule has 1 aromatic carbocycles. The van der Waals surface area contributed by atoms with Crippen molar-refractivity contribution in [1.82, 2.24) is 20.1 Å². The number of nitrogens with one attached hydrogen (secondary N) is 2. The Bertz CT molecular complexity index is 625. The SMILES string of the molecule is CC(Cn1cncn1)NC(=O)Nc1cccc(N(C)C(C)C)c1. The first-order chi connectivity index (χ1) is 11.0. The van der Waals surface area contributed by atoms with Crippen molar-refractivity contribution in [3.8, 4) is 0 Å². The van der Waals surface area contributed by atoms with Crippen LogP contribution in [0.3, 0.4) is 0 Å². The van der Waals surface area contributed by atoms with Gasteiger partial charge in [0.05, 0.1) is 6.54 Å². The van der Waals surface area contributed by atoms with Crippen molar-refractivity contribution in [2.45, 2.75) is 39.4 Å². The number of hydrogen-bond acceptors (Lipinski definition) is 4. The van der Waals surface area contributed by atoms with Gasteiger partial charge in [-0.05, 0) is 39.0 Å². The lowest BCUT2D eigenvalue weighted by atomic mass is 10.2. The van der Waals surface area contributed by atoms with Gasteiger partial charge < -0.3 is 15.5 Å². The molecule has 0 saturated heterocycles. The average molecular weight is 316 g/mol. The lowest BCUT2D eigenvalue weighted by molar-refractivity contribution is 0.247. The normalized spacial score (nSPS) is 12.0. The van der Waals surface area contributed by atoms with Crippen molar-refractivity contribution in [3.05, 3.63) is 36.9 Å². The maximum atomic E-state index is 12.1. The summed E-state index contributed by atoms with van der Waals surface area (Å²) in [6, 6.07) is 7.89. The third kappa shape index (κ3) is 4.98. The highest BCUT2D eigenvalue weighted by atomic mass is 16.2. The lowest BCUT2D eigenvalue weighted by Gasteiger charge is -2.24. The van der Waals surface area contributed by atoms with E-state index in [4.69, 9.17) is 0 Å². The number of nitrogens with zero attached hydrogens (tertiary/aromatic N) is 4. The molecule has 1 aromatic heterocycles. The molecule has 2 N–H and O–H groups in total. The molecule has 23 heavy (non-hydrogen) atoms. The van der Waals surface area contributed by atoms with E-state index < -0.39 is 0 Å². The predicted octanol–water partition coefficient (Wildman–Crippen LogP) is 2.33. The Morgan fingerprint density at radius 1 is 1.35 bits per heavy atom. The van der Waals surface area contributed by atoms with Crippen molar-refractivity contribution in [2.24, 2.45) is 0 Å². The van der Waals surface area contributed by atoms with Crippen LogP contribution in [0.4, 0.5) is 16.2 Å². The molecule has 0 fully saturated rings. The number of carbonyl (C=O) groups excluding carboxylic acids is 1. The minimum Gasteiger partial charge on any atom is -0.372 e. The smallest absolute Gasteiger partial charge is 0.319 e. The van der Waals surface area contributed by atoms with Gasteiger partial charge >= 0.3 is 6.03 Å². The molecule has 2 aromatic rings. The summed E-state index contributed by atoms with van der Waals surface area (Å²) in [4.78, 5) is 18.1. The van der Waals surface area contributed by atoms with E-state index in [1.54, 1.807) is 11.0 Å². The number of hydrogen-bond donors (Lipinski definition) is 2. The lowest BCUT2D eigenvalue weighted by Crippen LogP contribution is -2.38. The summed E-state index contributed by atoms with van der Waals surface area (Å²) >= 11 is 0. The first-order valence-electron chi connectivity index (χ1n) is 7.68. The fraction of sp³-hybridized carbons (Fsp3) is 0.438. The van der Waals surface area contributed by atoms with Gasteiger partial charge in [0.1, 0.15) is 12.7 Å². The number of amides is 2. The summed E-state index contributed by atoms with van der Waals surface area (Å²) in [6.45, 7) is 6.74. The van der Waals surface area contributed by atoms with Crippen LogP contribution in [-0.2, 0) is 6.54 Å². The number of benzene rings is 1. The zero-order valence-corrected chi connectivity index (χ0v) is 14.0. The van der Waals surface area contributed by atoms with Gasteiger partial charge in [0, 0.05) is 30.5 Å². The second-order valence-electron chi connectivity index (χ2n) is 5.87. The first-order valence-corrected chi connectivity index (χ1v) is 7.68. The van der Waals surface area contributed by atoms with E-state index in [0.717, 1.165) is 11.4 Å². The number of carbonyl (C=O) groups is 1. The minimum absolute atomic E-state index is 0.0572. The van der Waals surface area contributed by atoms with Crippen LogP contribution >= 0.6 is 0 Å². The molecule has 0 radical (unpaired) electrons. The third-order valence-electron chi connectivity index (χ3n) is 3.59. The highest BCUT2D eigenvalue weighted by Crippen LogP contribution is 2.19. The van der Waals surface area contributed by atoms with E-state index >= 15 is 0 Å². The molecule has 1 unspecified atom stereocenters. The molecule has 7 nitrogen and oxygen atoms in total. The number of anilines is 2. The van der Waals surface area contributed by atoms with Gasteiger partial charge in [-0.2, -0.15) is 5.10 Å². The topological polar surface area (TPSA) is 75.1 Å². The zero-order chi connectivity index (χ0) is 16.8. The standard InChI is InChI=1S/C16H24N6O/c1-12(2)21(4)15-7-5-6-14(8-15)20-16(23)19-13(3)9-22-11-17-10-18-22/h5-8,10-13H,9H2,1-4H3,(H2,19,20,23). The number of aromatic nitrogens is 3. The van der Waals surface area contributed by atoms with Gasteiger partial charge in [0.15, 0.2) is 0 Å². The molecule has 1 atom stereocenters. The summed E-state index contributed by atoms with van der Waals surface area (Å²) in [7, 11) is 2.03. The van der Waals surface area contributed by atoms with Crippen molar-refractivity contribution in [3.63, 3.8) is 0 Å². The molecule has 0 spiro atoms. The van der Waals surface area contributed by atoms with Crippen LogP contribution in [0.25, 0.3) is 0 Å². The molecule has 0 aliphatic rings. The Morgan fingerprint density at radius 2 is 2.13 bits per heavy atom. The van der Waals surface area contributed by atoms with E-state index in [-0.39, 0.29) is 12.1 Å². The van der Waals surface area contributed by atoms with E-state index in [1.165, 1.54) is 6.33 Å². The van der Waals surface area contributed by atoms with E-state index in [2.05, 4.69) is 39.5 Å². The largest absolute Gasteiger partial charge is 0.372 e. The monoisotopic (exact) mass is 316 g/mol. The molecular formula is C16H24N6O. The van der Waals surface area contributed by atoms with Gasteiger partial charge in [0.25, 0.3) is 0 Å². The minimum atomic E-state index is -0.234. The molecular weight excluding hydrogens is 292 g/mol. The Labute approximate surface area is 136 Å². The molecule has 0 saturated carbocycles. The molecule has 0 bridgehead atoms. The fourth-order valence-corrected chi connectivity index (χ4v) is 2.15. The average Bonchev–Trinajstić information content (AvgIpc) is 2.99. The Balaban J connectivity index is 1.91. The molecule has 0 aliphatic heterocycles.